The van der Waals surface area contributed by atoms with Gasteiger partial charge in [0.2, 0.25) is 5.03 Å². The monoisotopic (exact) mass is 589 g/mol. The number of ketones is 1. The van der Waals surface area contributed by atoms with Crippen LogP contribution in [0.1, 0.15) is 28.9 Å². The highest BCUT2D eigenvalue weighted by Crippen LogP contribution is 2.47. The lowest BCUT2D eigenvalue weighted by molar-refractivity contribution is -0.137. The number of hydrogen-bond acceptors (Lipinski definition) is 8. The molecular weight excluding hydrogens is 566 g/mol. The van der Waals surface area contributed by atoms with Crippen molar-refractivity contribution in [3.63, 3.8) is 0 Å². The van der Waals surface area contributed by atoms with Crippen LogP contribution in [0.2, 0.25) is 0 Å². The smallest absolute Gasteiger partial charge is 0.404 e. The minimum Gasteiger partial charge on any atom is -0.404 e. The first kappa shape index (κ1) is 28.3. The van der Waals surface area contributed by atoms with Crippen molar-refractivity contribution in [3.05, 3.63) is 89.3 Å². The second kappa shape index (κ2) is 10.3. The molecule has 2 aromatic heterocycles. The molecular formula is C26H23F4N7O3S. The molecule has 5 rings (SSSR count). The average molecular weight is 590 g/mol. The number of halogens is 4. The summed E-state index contributed by atoms with van der Waals surface area (Å²) in [6.45, 7) is -0.447. The van der Waals surface area contributed by atoms with Crippen LogP contribution in [0.3, 0.4) is 0 Å². The lowest BCUT2D eigenvalue weighted by atomic mass is 9.64. The highest BCUT2D eigenvalue weighted by atomic mass is 32.2. The minimum atomic E-state index is -4.73. The first-order chi connectivity index (χ1) is 19.3. The van der Waals surface area contributed by atoms with E-state index in [2.05, 4.69) is 20.2 Å². The molecule has 41 heavy (non-hydrogen) atoms. The van der Waals surface area contributed by atoms with Gasteiger partial charge in [0.1, 0.15) is 11.5 Å². The van der Waals surface area contributed by atoms with Gasteiger partial charge in [-0.1, -0.05) is 5.57 Å². The van der Waals surface area contributed by atoms with Gasteiger partial charge in [-0.05, 0) is 67.1 Å². The number of aliphatic imine (C=N–C) groups is 1. The highest BCUT2D eigenvalue weighted by molar-refractivity contribution is 7.89. The number of aryl methyl sites for hydroxylation is 1. The summed E-state index contributed by atoms with van der Waals surface area (Å²) < 4.78 is 81.9. The van der Waals surface area contributed by atoms with E-state index in [4.69, 9.17) is 5.73 Å². The first-order valence-electron chi connectivity index (χ1n) is 12.2. The molecule has 0 radical (unpaired) electrons. The van der Waals surface area contributed by atoms with Crippen molar-refractivity contribution in [2.45, 2.75) is 24.0 Å². The standard InChI is InChI=1S/C26H23F4N7O3S/c1-36-33-14-23(35-36)41(39,40)37-9-7-17-10-21(34-20-4-2-19(27)3-5-20)16(13-31)12-25(17,15-37)24(38)22-11-18(6-8-32-22)26(28,29)30/h2-6,8,10-11,13-14H,7,9,12,15,31H2,1H3/b16-13-,34-21?/t25-/m0/s1. The molecule has 1 atom stereocenters. The zero-order valence-electron chi connectivity index (χ0n) is 21.5. The van der Waals surface area contributed by atoms with Crippen LogP contribution in [0, 0.1) is 11.2 Å². The molecule has 10 nitrogen and oxygen atoms in total. The topological polar surface area (TPSA) is 136 Å². The Morgan fingerprint density at radius 1 is 1.20 bits per heavy atom. The number of hydrogen-bond donors (Lipinski definition) is 1. The Bertz CT molecular complexity index is 1710. The highest BCUT2D eigenvalue weighted by Gasteiger charge is 2.52. The maximum absolute atomic E-state index is 14.1. The molecule has 1 saturated heterocycles. The van der Waals surface area contributed by atoms with Crippen LogP contribution in [-0.4, -0.2) is 57.3 Å². The zero-order chi connectivity index (χ0) is 29.6. The summed E-state index contributed by atoms with van der Waals surface area (Å²) in [7, 11) is -2.78. The summed E-state index contributed by atoms with van der Waals surface area (Å²) in [5, 5.41) is 7.36. The Morgan fingerprint density at radius 3 is 2.56 bits per heavy atom. The Kier molecular flexibility index (Phi) is 7.11. The van der Waals surface area contributed by atoms with Crippen molar-refractivity contribution in [1.29, 1.82) is 0 Å². The van der Waals surface area contributed by atoms with Crippen LogP contribution >= 0.6 is 0 Å². The number of fused-ring (bicyclic) bond motifs is 1. The lowest BCUT2D eigenvalue weighted by Gasteiger charge is -2.45. The van der Waals surface area contributed by atoms with Crippen molar-refractivity contribution >= 4 is 27.2 Å². The van der Waals surface area contributed by atoms with Crippen molar-refractivity contribution in [1.82, 2.24) is 24.3 Å². The largest absolute Gasteiger partial charge is 0.416 e. The number of nitrogens with two attached hydrogens (primary N) is 1. The summed E-state index contributed by atoms with van der Waals surface area (Å²) >= 11 is 0. The molecule has 1 aromatic carbocycles. The van der Waals surface area contributed by atoms with Gasteiger partial charge in [0.25, 0.3) is 10.0 Å². The summed E-state index contributed by atoms with van der Waals surface area (Å²) in [5.41, 5.74) is 4.31. The van der Waals surface area contributed by atoms with E-state index in [1.165, 1.54) is 37.5 Å². The maximum Gasteiger partial charge on any atom is 0.416 e. The molecule has 0 amide bonds. The molecule has 0 unspecified atom stereocenters. The van der Waals surface area contributed by atoms with Crippen molar-refractivity contribution in [2.75, 3.05) is 13.1 Å². The van der Waals surface area contributed by atoms with Crippen molar-refractivity contribution in [3.8, 4) is 0 Å². The zero-order valence-corrected chi connectivity index (χ0v) is 22.3. The minimum absolute atomic E-state index is 0.0404. The Labute approximate surface area is 231 Å². The summed E-state index contributed by atoms with van der Waals surface area (Å²) in [6, 6.07) is 6.75. The summed E-state index contributed by atoms with van der Waals surface area (Å²) in [4.78, 5) is 23.7. The number of pyridine rings is 1. The van der Waals surface area contributed by atoms with Crippen molar-refractivity contribution in [2.24, 2.45) is 23.2 Å². The second-order valence-corrected chi connectivity index (χ2v) is 11.5. The summed E-state index contributed by atoms with van der Waals surface area (Å²) in [6.07, 6.45) is -0.0844. The van der Waals surface area contributed by atoms with Gasteiger partial charge in [-0.3, -0.25) is 9.78 Å². The number of alkyl halides is 3. The van der Waals surface area contributed by atoms with Crippen LogP contribution in [0.15, 0.2) is 82.2 Å². The SMILES string of the molecule is Cn1ncc(S(=O)(=O)N2CCC3=CC(=Nc4ccc(F)cc4)/C(=C\N)C[C@]3(C(=O)c3cc(C(F)(F)F)ccn3)C2)n1. The van der Waals surface area contributed by atoms with Gasteiger partial charge in [0.05, 0.1) is 28.6 Å². The summed E-state index contributed by atoms with van der Waals surface area (Å²) in [5.74, 6) is -1.26. The van der Waals surface area contributed by atoms with E-state index in [1.807, 2.05) is 0 Å². The third-order valence-electron chi connectivity index (χ3n) is 7.04. The number of Topliss-reactive ketones (excluding diaryl/α,β-unsaturated/α-hetero) is 1. The van der Waals surface area contributed by atoms with E-state index in [-0.39, 0.29) is 24.4 Å². The normalized spacial score (nSPS) is 22.0. The van der Waals surface area contributed by atoms with E-state index in [9.17, 15) is 30.8 Å². The van der Waals surface area contributed by atoms with Crippen LogP contribution < -0.4 is 5.73 Å². The van der Waals surface area contributed by atoms with E-state index < -0.39 is 51.0 Å². The number of carbonyl (C=O) groups is 1. The number of aromatic nitrogens is 4. The molecule has 3 aromatic rings. The molecule has 3 heterocycles. The van der Waals surface area contributed by atoms with E-state index in [0.29, 0.717) is 28.6 Å². The van der Waals surface area contributed by atoms with E-state index in [1.54, 1.807) is 6.08 Å². The van der Waals surface area contributed by atoms with Crippen LogP contribution in [-0.2, 0) is 23.2 Å². The Hall–Kier alpha value is -4.24. The number of nitrogens with zero attached hydrogens (tertiary/aromatic N) is 6. The van der Waals surface area contributed by atoms with Gasteiger partial charge >= 0.3 is 6.18 Å². The second-order valence-electron chi connectivity index (χ2n) is 9.61. The van der Waals surface area contributed by atoms with E-state index >= 15 is 0 Å². The van der Waals surface area contributed by atoms with Crippen LogP contribution in [0.5, 0.6) is 0 Å². The Balaban J connectivity index is 1.64. The molecule has 15 heteroatoms. The first-order valence-corrected chi connectivity index (χ1v) is 13.7. The van der Waals surface area contributed by atoms with Crippen LogP contribution in [0.4, 0.5) is 23.2 Å². The fourth-order valence-corrected chi connectivity index (χ4v) is 6.37. The third-order valence-corrected chi connectivity index (χ3v) is 8.75. The van der Waals surface area contributed by atoms with Gasteiger partial charge in [-0.25, -0.2) is 17.8 Å². The number of allylic oxidation sites excluding steroid dienone is 2. The maximum atomic E-state index is 14.1. The van der Waals surface area contributed by atoms with Gasteiger partial charge in [-0.2, -0.15) is 27.4 Å². The molecule has 2 N–H and O–H groups in total. The van der Waals surface area contributed by atoms with Gasteiger partial charge in [0, 0.05) is 26.3 Å². The fourth-order valence-electron chi connectivity index (χ4n) is 4.98. The molecule has 0 spiro atoms. The van der Waals surface area contributed by atoms with Gasteiger partial charge in [-0.15, -0.1) is 5.10 Å². The average Bonchev–Trinajstić information content (AvgIpc) is 3.40. The number of carbonyl (C=O) groups excluding carboxylic acids is 1. The molecule has 1 fully saturated rings. The molecule has 214 valence electrons. The van der Waals surface area contributed by atoms with Crippen molar-refractivity contribution < 1.29 is 30.8 Å². The fraction of sp³-hybridized carbons (Fsp3) is 0.269. The third kappa shape index (κ3) is 5.29. The number of sulfonamides is 1. The van der Waals surface area contributed by atoms with E-state index in [0.717, 1.165) is 27.6 Å². The number of benzene rings is 1. The van der Waals surface area contributed by atoms with Gasteiger partial charge < -0.3 is 5.73 Å². The van der Waals surface area contributed by atoms with Crippen LogP contribution in [0.25, 0.3) is 0 Å². The number of piperidine rings is 1. The molecule has 1 aliphatic carbocycles. The lowest BCUT2D eigenvalue weighted by Crippen LogP contribution is -2.53. The molecule has 1 aliphatic heterocycles. The predicted molar refractivity (Wildman–Crippen MR) is 139 cm³/mol. The molecule has 0 bridgehead atoms. The predicted octanol–water partition coefficient (Wildman–Crippen LogP) is 3.58. The molecule has 0 saturated carbocycles. The quantitative estimate of drug-likeness (QED) is 0.355. The van der Waals surface area contributed by atoms with Gasteiger partial charge in [0.15, 0.2) is 5.78 Å². The molecule has 2 aliphatic rings. The number of rotatable bonds is 5. The Morgan fingerprint density at radius 2 is 1.93 bits per heavy atom.